The number of thiophene rings is 1. The summed E-state index contributed by atoms with van der Waals surface area (Å²) in [6.45, 7) is 7.12. The zero-order valence-corrected chi connectivity index (χ0v) is 15.1. The van der Waals surface area contributed by atoms with E-state index < -0.39 is 22.7 Å². The summed E-state index contributed by atoms with van der Waals surface area (Å²) >= 11 is 1.03. The maximum Gasteiger partial charge on any atom is 0.490 e. The lowest BCUT2D eigenvalue weighted by atomic mass is 9.82. The average molecular weight is 353 g/mol. The van der Waals surface area contributed by atoms with Crippen LogP contribution in [-0.2, 0) is 10.0 Å². The van der Waals surface area contributed by atoms with E-state index in [0.29, 0.717) is 4.88 Å². The summed E-state index contributed by atoms with van der Waals surface area (Å²) in [5.41, 5.74) is 1.19. The van der Waals surface area contributed by atoms with Crippen LogP contribution in [0, 0.1) is 6.92 Å². The van der Waals surface area contributed by atoms with Gasteiger partial charge in [0.2, 0.25) is 10.0 Å². The molecule has 3 N–H and O–H groups in total. The number of sulfonamides is 1. The highest BCUT2D eigenvalue weighted by atomic mass is 32.2. The molecular weight excluding hydrogens is 333 g/mol. The molecule has 1 heterocycles. The molecule has 0 amide bonds. The molecule has 0 aliphatic heterocycles. The third-order valence-corrected chi connectivity index (χ3v) is 6.59. The minimum atomic E-state index is -3.85. The molecule has 2 aromatic rings. The van der Waals surface area contributed by atoms with Crippen LogP contribution in [0.3, 0.4) is 0 Å². The molecule has 5 nitrogen and oxygen atoms in total. The van der Waals surface area contributed by atoms with E-state index in [9.17, 15) is 18.5 Å². The highest BCUT2D eigenvalue weighted by molar-refractivity contribution is 7.92. The zero-order valence-electron chi connectivity index (χ0n) is 13.5. The summed E-state index contributed by atoms with van der Waals surface area (Å²) in [6, 6.07) is 9.08. The van der Waals surface area contributed by atoms with Crippen LogP contribution in [0.1, 0.15) is 26.3 Å². The molecule has 0 saturated heterocycles. The van der Waals surface area contributed by atoms with Crippen molar-refractivity contribution in [2.75, 3.05) is 0 Å². The monoisotopic (exact) mass is 353 g/mol. The minimum absolute atomic E-state index is 0.00926. The molecule has 8 heteroatoms. The molecule has 0 bridgehead atoms. The first kappa shape index (κ1) is 18.2. The van der Waals surface area contributed by atoms with E-state index in [-0.39, 0.29) is 9.67 Å². The Hall–Kier alpha value is -1.19. The summed E-state index contributed by atoms with van der Waals surface area (Å²) in [7, 11) is -5.70. The van der Waals surface area contributed by atoms with E-state index in [1.165, 1.54) is 6.07 Å². The molecule has 23 heavy (non-hydrogen) atoms. The minimum Gasteiger partial charge on any atom is -0.423 e. The summed E-state index contributed by atoms with van der Waals surface area (Å²) in [4.78, 5) is 0.681. The normalized spacial score (nSPS) is 12.4. The van der Waals surface area contributed by atoms with Crippen LogP contribution in [0.15, 0.2) is 34.5 Å². The number of nitrogens with one attached hydrogen (secondary N) is 1. The van der Waals surface area contributed by atoms with E-state index in [1.807, 2.05) is 31.2 Å². The predicted octanol–water partition coefficient (Wildman–Crippen LogP) is 1.48. The van der Waals surface area contributed by atoms with Crippen molar-refractivity contribution >= 4 is 33.9 Å². The molecular formula is C15H20BNO4S2. The first-order chi connectivity index (χ1) is 10.5. The third-order valence-electron chi connectivity index (χ3n) is 3.10. The average Bonchev–Trinajstić information content (AvgIpc) is 2.82. The van der Waals surface area contributed by atoms with Crippen molar-refractivity contribution in [3.8, 4) is 10.4 Å². The second-order valence-corrected chi connectivity index (χ2v) is 9.33. The smallest absolute Gasteiger partial charge is 0.423 e. The molecule has 0 saturated carbocycles. The lowest BCUT2D eigenvalue weighted by Crippen LogP contribution is -2.43. The fourth-order valence-electron chi connectivity index (χ4n) is 2.21. The van der Waals surface area contributed by atoms with E-state index >= 15 is 0 Å². The van der Waals surface area contributed by atoms with Crippen molar-refractivity contribution in [1.29, 1.82) is 0 Å². The molecule has 1 aromatic heterocycles. The highest BCUT2D eigenvalue weighted by Crippen LogP contribution is 2.32. The van der Waals surface area contributed by atoms with Crippen molar-refractivity contribution in [1.82, 2.24) is 4.72 Å². The van der Waals surface area contributed by atoms with Gasteiger partial charge in [-0.05, 0) is 44.9 Å². The third kappa shape index (κ3) is 4.21. The first-order valence-electron chi connectivity index (χ1n) is 7.11. The van der Waals surface area contributed by atoms with Gasteiger partial charge in [0.15, 0.2) is 0 Å². The van der Waals surface area contributed by atoms with Crippen LogP contribution >= 0.6 is 11.3 Å². The number of benzene rings is 1. The van der Waals surface area contributed by atoms with Gasteiger partial charge in [0.25, 0.3) is 0 Å². The second kappa shape index (κ2) is 6.37. The van der Waals surface area contributed by atoms with Gasteiger partial charge in [-0.15, -0.1) is 11.3 Å². The molecule has 2 rings (SSSR count). The van der Waals surface area contributed by atoms with Crippen LogP contribution in [0.5, 0.6) is 0 Å². The molecule has 0 atom stereocenters. The molecule has 0 unspecified atom stereocenters. The van der Waals surface area contributed by atoms with Gasteiger partial charge in [-0.3, -0.25) is 0 Å². The van der Waals surface area contributed by atoms with E-state index in [1.54, 1.807) is 20.8 Å². The Morgan fingerprint density at radius 3 is 2.30 bits per heavy atom. The molecule has 1 aromatic carbocycles. The largest absolute Gasteiger partial charge is 0.490 e. The van der Waals surface area contributed by atoms with E-state index in [2.05, 4.69) is 4.72 Å². The van der Waals surface area contributed by atoms with Crippen LogP contribution < -0.4 is 10.2 Å². The Morgan fingerprint density at radius 2 is 1.78 bits per heavy atom. The molecule has 0 aliphatic rings. The SMILES string of the molecule is Cc1ccccc1-c1cc(B(O)O)c(S(=O)(=O)NC(C)(C)C)s1. The van der Waals surface area contributed by atoms with Gasteiger partial charge in [0, 0.05) is 15.9 Å². The van der Waals surface area contributed by atoms with Gasteiger partial charge in [-0.2, -0.15) is 0 Å². The fraction of sp³-hybridized carbons (Fsp3) is 0.333. The quantitative estimate of drug-likeness (QED) is 0.727. The molecule has 124 valence electrons. The van der Waals surface area contributed by atoms with Crippen LogP contribution in [0.4, 0.5) is 0 Å². The predicted molar refractivity (Wildman–Crippen MR) is 94.4 cm³/mol. The Labute approximate surface area is 141 Å². The van der Waals surface area contributed by atoms with Crippen LogP contribution in [0.25, 0.3) is 10.4 Å². The summed E-state index contributed by atoms with van der Waals surface area (Å²) in [5.74, 6) is 0. The molecule has 0 radical (unpaired) electrons. The topological polar surface area (TPSA) is 86.6 Å². The maximum absolute atomic E-state index is 12.6. The van der Waals surface area contributed by atoms with E-state index in [0.717, 1.165) is 22.5 Å². The van der Waals surface area contributed by atoms with Gasteiger partial charge in [0.05, 0.1) is 0 Å². The number of rotatable bonds is 4. The van der Waals surface area contributed by atoms with Gasteiger partial charge >= 0.3 is 7.12 Å². The molecule has 0 fully saturated rings. The van der Waals surface area contributed by atoms with Gasteiger partial charge in [-0.25, -0.2) is 13.1 Å². The van der Waals surface area contributed by atoms with Crippen molar-refractivity contribution in [2.24, 2.45) is 0 Å². The summed E-state index contributed by atoms with van der Waals surface area (Å²) in [5, 5.41) is 19.1. The van der Waals surface area contributed by atoms with Crippen molar-refractivity contribution in [3.05, 3.63) is 35.9 Å². The molecule has 0 spiro atoms. The number of hydrogen-bond donors (Lipinski definition) is 3. The Kier molecular flexibility index (Phi) is 5.03. The second-order valence-electron chi connectivity index (χ2n) is 6.40. The van der Waals surface area contributed by atoms with Crippen LogP contribution in [-0.4, -0.2) is 31.1 Å². The maximum atomic E-state index is 12.6. The van der Waals surface area contributed by atoms with E-state index in [4.69, 9.17) is 0 Å². The van der Waals surface area contributed by atoms with Gasteiger partial charge < -0.3 is 10.0 Å². The summed E-state index contributed by atoms with van der Waals surface area (Å²) < 4.78 is 27.6. The van der Waals surface area contributed by atoms with Gasteiger partial charge in [0.1, 0.15) is 4.21 Å². The van der Waals surface area contributed by atoms with Crippen molar-refractivity contribution in [2.45, 2.75) is 37.4 Å². The van der Waals surface area contributed by atoms with Crippen molar-refractivity contribution in [3.63, 3.8) is 0 Å². The Bertz CT molecular complexity index is 807. The highest BCUT2D eigenvalue weighted by Gasteiger charge is 2.31. The fourth-order valence-corrected chi connectivity index (χ4v) is 5.42. The number of aryl methyl sites for hydroxylation is 1. The van der Waals surface area contributed by atoms with Crippen LogP contribution in [0.2, 0.25) is 0 Å². The van der Waals surface area contributed by atoms with Crippen molar-refractivity contribution < 1.29 is 18.5 Å². The Balaban J connectivity index is 2.59. The number of hydrogen-bond acceptors (Lipinski definition) is 5. The zero-order chi connectivity index (χ0) is 17.4. The summed E-state index contributed by atoms with van der Waals surface area (Å²) in [6.07, 6.45) is 0. The Morgan fingerprint density at radius 1 is 1.17 bits per heavy atom. The lowest BCUT2D eigenvalue weighted by Gasteiger charge is -2.20. The standard InChI is InChI=1S/C15H20BNO4S2/c1-10-7-5-6-8-11(10)13-9-12(16(18)19)14(22-13)23(20,21)17-15(2,3)4/h5-9,17-19H,1-4H3. The van der Waals surface area contributed by atoms with Gasteiger partial charge in [-0.1, -0.05) is 24.3 Å². The first-order valence-corrected chi connectivity index (χ1v) is 9.41. The lowest BCUT2D eigenvalue weighted by molar-refractivity contribution is 0.424. The molecule has 0 aliphatic carbocycles.